The molecule has 0 N–H and O–H groups in total. The minimum Gasteiger partial charge on any atom is -0.469 e. The van der Waals surface area contributed by atoms with E-state index in [2.05, 4.69) is 0 Å². The number of hydrogen-bond donors (Lipinski definition) is 0. The van der Waals surface area contributed by atoms with Crippen LogP contribution < -0.4 is 4.90 Å². The number of ether oxygens (including phenoxy) is 2. The van der Waals surface area contributed by atoms with Crippen LogP contribution in [0.5, 0.6) is 0 Å². The van der Waals surface area contributed by atoms with Gasteiger partial charge in [-0.3, -0.25) is 19.3 Å². The SMILES string of the molecule is COC(=O)CC1Cc2ccccc2CN1C(=O)CN(CCc1ccccc1)C(=O)[C@H]1Cc2ccccc2N1C(=O)OCCCC1CCCCC1. The highest BCUT2D eigenvalue weighted by atomic mass is 16.6. The van der Waals surface area contributed by atoms with Crippen LogP contribution in [-0.2, 0) is 49.7 Å². The molecule has 0 aromatic heterocycles. The van der Waals surface area contributed by atoms with Crippen molar-refractivity contribution in [3.05, 3.63) is 101 Å². The van der Waals surface area contributed by atoms with Crippen LogP contribution in [0.15, 0.2) is 78.9 Å². The van der Waals surface area contributed by atoms with Gasteiger partial charge in [0.1, 0.15) is 6.04 Å². The first-order chi connectivity index (χ1) is 24.4. The summed E-state index contributed by atoms with van der Waals surface area (Å²) in [7, 11) is 1.35. The fraction of sp³-hybridized carbons (Fsp3) is 0.463. The average molecular weight is 680 g/mol. The van der Waals surface area contributed by atoms with Crippen molar-refractivity contribution in [3.63, 3.8) is 0 Å². The first-order valence-electron chi connectivity index (χ1n) is 18.2. The van der Waals surface area contributed by atoms with Crippen LogP contribution in [0.25, 0.3) is 0 Å². The minimum absolute atomic E-state index is 0.0623. The van der Waals surface area contributed by atoms with Gasteiger partial charge in [-0.1, -0.05) is 105 Å². The van der Waals surface area contributed by atoms with E-state index in [4.69, 9.17) is 9.47 Å². The molecule has 2 heterocycles. The molecule has 3 aromatic rings. The lowest BCUT2D eigenvalue weighted by atomic mass is 9.86. The van der Waals surface area contributed by atoms with Gasteiger partial charge in [0, 0.05) is 25.6 Å². The Balaban J connectivity index is 1.21. The Kier molecular flexibility index (Phi) is 11.8. The van der Waals surface area contributed by atoms with Crippen molar-refractivity contribution in [2.75, 3.05) is 31.7 Å². The standard InChI is InChI=1S/C41H49N3O6/c1-49-39(46)27-35-25-32-18-8-9-20-34(32)28-43(35)38(45)29-42(23-22-31-15-6-3-7-16-31)40(47)37-26-33-19-10-11-21-36(33)44(37)41(48)50-24-12-17-30-13-4-2-5-14-30/h3,6-11,15-16,18-21,30,35,37H,2,4-5,12-14,17,22-29H2,1H3/t35?,37-/m1/s1. The topological polar surface area (TPSA) is 96.5 Å². The van der Waals surface area contributed by atoms with E-state index in [9.17, 15) is 19.2 Å². The third kappa shape index (κ3) is 8.55. The van der Waals surface area contributed by atoms with Crippen LogP contribution in [0.2, 0.25) is 0 Å². The Labute approximate surface area is 295 Å². The molecule has 1 unspecified atom stereocenters. The van der Waals surface area contributed by atoms with Crippen molar-refractivity contribution < 1.29 is 28.7 Å². The second kappa shape index (κ2) is 16.8. The zero-order valence-electron chi connectivity index (χ0n) is 29.1. The van der Waals surface area contributed by atoms with Crippen molar-refractivity contribution in [2.24, 2.45) is 5.92 Å². The lowest BCUT2D eigenvalue weighted by Gasteiger charge is -2.38. The van der Waals surface area contributed by atoms with Crippen LogP contribution in [0.4, 0.5) is 10.5 Å². The highest BCUT2D eigenvalue weighted by Gasteiger charge is 2.42. The summed E-state index contributed by atoms with van der Waals surface area (Å²) < 4.78 is 10.8. The summed E-state index contributed by atoms with van der Waals surface area (Å²) in [4.78, 5) is 59.9. The van der Waals surface area contributed by atoms with Gasteiger partial charge in [-0.2, -0.15) is 0 Å². The van der Waals surface area contributed by atoms with Crippen molar-refractivity contribution in [3.8, 4) is 0 Å². The molecule has 3 aromatic carbocycles. The third-order valence-electron chi connectivity index (χ3n) is 10.6. The van der Waals surface area contributed by atoms with E-state index in [0.717, 1.165) is 35.1 Å². The number of hydrogen-bond acceptors (Lipinski definition) is 6. The molecule has 1 fully saturated rings. The van der Waals surface area contributed by atoms with Crippen LogP contribution in [0.3, 0.4) is 0 Å². The van der Waals surface area contributed by atoms with Crippen molar-refractivity contribution in [1.82, 2.24) is 9.80 Å². The summed E-state index contributed by atoms with van der Waals surface area (Å²) >= 11 is 0. The Hall–Kier alpha value is -4.66. The number of esters is 1. The molecular formula is C41H49N3O6. The molecule has 2 aliphatic heterocycles. The van der Waals surface area contributed by atoms with Gasteiger partial charge in [0.2, 0.25) is 11.8 Å². The van der Waals surface area contributed by atoms with Crippen molar-refractivity contribution in [1.29, 1.82) is 0 Å². The average Bonchev–Trinajstić information content (AvgIpc) is 3.55. The highest BCUT2D eigenvalue weighted by molar-refractivity contribution is 6.01. The molecule has 9 heteroatoms. The molecular weight excluding hydrogens is 630 g/mol. The monoisotopic (exact) mass is 679 g/mol. The maximum absolute atomic E-state index is 14.6. The van der Waals surface area contributed by atoms with E-state index in [1.807, 2.05) is 78.9 Å². The number of para-hydroxylation sites is 1. The lowest BCUT2D eigenvalue weighted by Crippen LogP contribution is -2.54. The molecule has 0 radical (unpaired) electrons. The third-order valence-corrected chi connectivity index (χ3v) is 10.6. The normalized spacial score (nSPS) is 18.6. The van der Waals surface area contributed by atoms with Crippen LogP contribution in [0, 0.1) is 5.92 Å². The van der Waals surface area contributed by atoms with Gasteiger partial charge >= 0.3 is 12.1 Å². The molecule has 3 amide bonds. The Bertz CT molecular complexity index is 1640. The molecule has 1 saturated carbocycles. The fourth-order valence-corrected chi connectivity index (χ4v) is 7.86. The van der Waals surface area contributed by atoms with E-state index >= 15 is 0 Å². The number of carbonyl (C=O) groups is 4. The quantitative estimate of drug-likeness (QED) is 0.160. The van der Waals surface area contributed by atoms with Gasteiger partial charge in [-0.25, -0.2) is 4.79 Å². The molecule has 6 rings (SSSR count). The molecule has 3 aliphatic rings. The van der Waals surface area contributed by atoms with E-state index < -0.39 is 18.2 Å². The number of carbonyl (C=O) groups excluding carboxylic acids is 4. The molecule has 1 aliphatic carbocycles. The molecule has 0 spiro atoms. The number of benzene rings is 3. The number of amides is 3. The van der Waals surface area contributed by atoms with Gasteiger partial charge in [-0.05, 0) is 59.9 Å². The highest BCUT2D eigenvalue weighted by Crippen LogP contribution is 2.34. The molecule has 264 valence electrons. The van der Waals surface area contributed by atoms with Crippen molar-refractivity contribution in [2.45, 2.75) is 89.3 Å². The Morgan fingerprint density at radius 3 is 2.28 bits per heavy atom. The smallest absolute Gasteiger partial charge is 0.415 e. The molecule has 0 bridgehead atoms. The number of methoxy groups -OCH3 is 1. The van der Waals surface area contributed by atoms with Gasteiger partial charge < -0.3 is 19.3 Å². The second-order valence-corrected chi connectivity index (χ2v) is 13.9. The fourth-order valence-electron chi connectivity index (χ4n) is 7.86. The maximum Gasteiger partial charge on any atom is 0.415 e. The largest absolute Gasteiger partial charge is 0.469 e. The van der Waals surface area contributed by atoms with Gasteiger partial charge in [0.25, 0.3) is 0 Å². The van der Waals surface area contributed by atoms with Crippen LogP contribution in [0.1, 0.15) is 73.6 Å². The summed E-state index contributed by atoms with van der Waals surface area (Å²) in [5.41, 5.74) is 4.72. The summed E-state index contributed by atoms with van der Waals surface area (Å²) in [6.45, 7) is 0.759. The Morgan fingerprint density at radius 1 is 0.820 bits per heavy atom. The predicted molar refractivity (Wildman–Crippen MR) is 191 cm³/mol. The Morgan fingerprint density at radius 2 is 1.52 bits per heavy atom. The van der Waals surface area contributed by atoms with E-state index in [1.54, 1.807) is 9.80 Å². The summed E-state index contributed by atoms with van der Waals surface area (Å²) in [6.07, 6.45) is 9.12. The number of anilines is 1. The molecule has 2 atom stereocenters. The predicted octanol–water partition coefficient (Wildman–Crippen LogP) is 6.50. The zero-order valence-corrected chi connectivity index (χ0v) is 29.1. The van der Waals surface area contributed by atoms with Gasteiger partial charge in [0.15, 0.2) is 0 Å². The summed E-state index contributed by atoms with van der Waals surface area (Å²) in [5.74, 6) is -0.241. The first kappa shape index (κ1) is 35.2. The first-order valence-corrected chi connectivity index (χ1v) is 18.2. The van der Waals surface area contributed by atoms with E-state index in [1.165, 1.54) is 44.1 Å². The zero-order chi connectivity index (χ0) is 34.9. The lowest BCUT2D eigenvalue weighted by molar-refractivity contribution is -0.147. The molecule has 50 heavy (non-hydrogen) atoms. The molecule has 9 nitrogen and oxygen atoms in total. The van der Waals surface area contributed by atoms with E-state index in [0.29, 0.717) is 44.0 Å². The van der Waals surface area contributed by atoms with Crippen LogP contribution in [-0.4, -0.2) is 72.6 Å². The maximum atomic E-state index is 14.6. The number of fused-ring (bicyclic) bond motifs is 2. The summed E-state index contributed by atoms with van der Waals surface area (Å²) in [5, 5.41) is 0. The summed E-state index contributed by atoms with van der Waals surface area (Å²) in [6, 6.07) is 24.1. The van der Waals surface area contributed by atoms with Crippen molar-refractivity contribution >= 4 is 29.6 Å². The van der Waals surface area contributed by atoms with Gasteiger partial charge in [-0.15, -0.1) is 0 Å². The van der Waals surface area contributed by atoms with Gasteiger partial charge in [0.05, 0.1) is 32.4 Å². The number of rotatable bonds is 12. The second-order valence-electron chi connectivity index (χ2n) is 13.9. The number of nitrogens with zero attached hydrogens (tertiary/aromatic N) is 3. The molecule has 0 saturated heterocycles. The minimum atomic E-state index is -0.838. The van der Waals surface area contributed by atoms with Crippen LogP contribution >= 0.6 is 0 Å². The van der Waals surface area contributed by atoms with E-state index in [-0.39, 0.29) is 37.3 Å².